The number of aliphatic carboxylic acids is 1. The lowest BCUT2D eigenvalue weighted by Crippen LogP contribution is -2.45. The third kappa shape index (κ3) is 5.10. The normalized spacial score (nSPS) is 28.0. The SMILES string of the molecule is CC1(C)CCC(N[C@H]2C[C@H](C(=O)O)N(C(=O)OC(C)(C)C)C2)CC1. The van der Waals surface area contributed by atoms with E-state index in [4.69, 9.17) is 4.74 Å². The number of ether oxygens (including phenoxy) is 1. The molecule has 0 radical (unpaired) electrons. The van der Waals surface area contributed by atoms with Gasteiger partial charge in [0.15, 0.2) is 0 Å². The second kappa shape index (κ2) is 6.90. The van der Waals surface area contributed by atoms with Crippen LogP contribution in [0.5, 0.6) is 0 Å². The molecule has 1 saturated carbocycles. The second-order valence-electron chi connectivity index (χ2n) is 9.02. The summed E-state index contributed by atoms with van der Waals surface area (Å²) in [6.45, 7) is 10.3. The van der Waals surface area contributed by atoms with Gasteiger partial charge in [-0.2, -0.15) is 0 Å². The largest absolute Gasteiger partial charge is 0.480 e. The fraction of sp³-hybridized carbons (Fsp3) is 0.889. The molecule has 2 rings (SSSR count). The highest BCUT2D eigenvalue weighted by molar-refractivity contribution is 5.81. The van der Waals surface area contributed by atoms with Crippen molar-refractivity contribution < 1.29 is 19.4 Å². The number of hydrogen-bond acceptors (Lipinski definition) is 4. The Morgan fingerprint density at radius 2 is 1.75 bits per heavy atom. The van der Waals surface area contributed by atoms with Gasteiger partial charge in [0.2, 0.25) is 0 Å². The quantitative estimate of drug-likeness (QED) is 0.826. The number of nitrogens with zero attached hydrogens (tertiary/aromatic N) is 1. The molecular formula is C18H32N2O4. The fourth-order valence-corrected chi connectivity index (χ4v) is 3.61. The van der Waals surface area contributed by atoms with Crippen LogP contribution in [0.1, 0.15) is 66.7 Å². The first kappa shape index (κ1) is 19.0. The van der Waals surface area contributed by atoms with Gasteiger partial charge in [0.05, 0.1) is 0 Å². The Balaban J connectivity index is 1.94. The van der Waals surface area contributed by atoms with Gasteiger partial charge in [0.1, 0.15) is 11.6 Å². The number of likely N-dealkylation sites (tertiary alicyclic amines) is 1. The van der Waals surface area contributed by atoms with Crippen LogP contribution in [0.25, 0.3) is 0 Å². The van der Waals surface area contributed by atoms with Crippen LogP contribution in [0.15, 0.2) is 0 Å². The van der Waals surface area contributed by atoms with Crippen LogP contribution in [0.4, 0.5) is 4.79 Å². The molecule has 24 heavy (non-hydrogen) atoms. The molecule has 6 nitrogen and oxygen atoms in total. The molecule has 0 aromatic rings. The third-order valence-electron chi connectivity index (χ3n) is 5.02. The Morgan fingerprint density at radius 1 is 1.17 bits per heavy atom. The summed E-state index contributed by atoms with van der Waals surface area (Å²) in [6, 6.07) is -0.377. The van der Waals surface area contributed by atoms with Crippen molar-refractivity contribution in [3.8, 4) is 0 Å². The fourth-order valence-electron chi connectivity index (χ4n) is 3.61. The molecule has 2 aliphatic rings. The first-order valence-corrected chi connectivity index (χ1v) is 8.95. The van der Waals surface area contributed by atoms with Gasteiger partial charge in [-0.25, -0.2) is 9.59 Å². The van der Waals surface area contributed by atoms with E-state index in [1.807, 2.05) is 0 Å². The van der Waals surface area contributed by atoms with E-state index < -0.39 is 23.7 Å². The smallest absolute Gasteiger partial charge is 0.411 e. The van der Waals surface area contributed by atoms with Gasteiger partial charge in [-0.15, -0.1) is 0 Å². The first-order chi connectivity index (χ1) is 11.0. The average molecular weight is 340 g/mol. The van der Waals surface area contributed by atoms with Crippen LogP contribution in [-0.2, 0) is 9.53 Å². The van der Waals surface area contributed by atoms with Crippen LogP contribution >= 0.6 is 0 Å². The van der Waals surface area contributed by atoms with Crippen molar-refractivity contribution in [3.05, 3.63) is 0 Å². The van der Waals surface area contributed by atoms with E-state index >= 15 is 0 Å². The molecule has 1 aliphatic heterocycles. The van der Waals surface area contributed by atoms with Gasteiger partial charge in [0.25, 0.3) is 0 Å². The zero-order valence-electron chi connectivity index (χ0n) is 15.6. The van der Waals surface area contributed by atoms with E-state index in [0.29, 0.717) is 24.4 Å². The highest BCUT2D eigenvalue weighted by Gasteiger charge is 2.42. The summed E-state index contributed by atoms with van der Waals surface area (Å²) in [5.41, 5.74) is -0.222. The summed E-state index contributed by atoms with van der Waals surface area (Å²) < 4.78 is 5.36. The zero-order valence-corrected chi connectivity index (χ0v) is 15.6. The molecular weight excluding hydrogens is 308 g/mol. The molecule has 138 valence electrons. The number of carbonyl (C=O) groups is 2. The maximum Gasteiger partial charge on any atom is 0.411 e. The molecule has 1 saturated heterocycles. The summed E-state index contributed by atoms with van der Waals surface area (Å²) in [5.74, 6) is -0.963. The Hall–Kier alpha value is -1.30. The number of carboxylic acids is 1. The number of hydrogen-bond donors (Lipinski definition) is 2. The Kier molecular flexibility index (Phi) is 5.47. The van der Waals surface area contributed by atoms with Crippen molar-refractivity contribution in [2.75, 3.05) is 6.54 Å². The van der Waals surface area contributed by atoms with Crippen molar-refractivity contribution in [3.63, 3.8) is 0 Å². The number of amides is 1. The zero-order chi connectivity index (χ0) is 18.1. The molecule has 2 N–H and O–H groups in total. The van der Waals surface area contributed by atoms with Gasteiger partial charge in [-0.05, 0) is 58.3 Å². The molecule has 1 heterocycles. The lowest BCUT2D eigenvalue weighted by atomic mass is 9.75. The monoisotopic (exact) mass is 340 g/mol. The number of nitrogens with one attached hydrogen (secondary N) is 1. The molecule has 0 bridgehead atoms. The number of carboxylic acid groups (broad SMARTS) is 1. The lowest BCUT2D eigenvalue weighted by Gasteiger charge is -2.36. The summed E-state index contributed by atoms with van der Waals surface area (Å²) in [4.78, 5) is 25.2. The first-order valence-electron chi connectivity index (χ1n) is 8.95. The van der Waals surface area contributed by atoms with E-state index in [1.165, 1.54) is 17.7 Å². The van der Waals surface area contributed by atoms with E-state index in [9.17, 15) is 14.7 Å². The Bertz CT molecular complexity index is 474. The van der Waals surface area contributed by atoms with E-state index in [-0.39, 0.29) is 6.04 Å². The maximum absolute atomic E-state index is 12.3. The molecule has 2 fully saturated rings. The predicted octanol–water partition coefficient (Wildman–Crippen LogP) is 3.01. The lowest BCUT2D eigenvalue weighted by molar-refractivity contribution is -0.142. The van der Waals surface area contributed by atoms with Crippen LogP contribution in [0, 0.1) is 5.41 Å². The summed E-state index contributed by atoms with van der Waals surface area (Å²) in [6.07, 6.45) is 4.46. The van der Waals surface area contributed by atoms with Crippen molar-refractivity contribution >= 4 is 12.1 Å². The van der Waals surface area contributed by atoms with Crippen molar-refractivity contribution in [1.29, 1.82) is 0 Å². The van der Waals surface area contributed by atoms with Crippen molar-refractivity contribution in [2.24, 2.45) is 5.41 Å². The number of carbonyl (C=O) groups excluding carboxylic acids is 1. The molecule has 0 aromatic heterocycles. The molecule has 0 unspecified atom stereocenters. The number of rotatable bonds is 3. The van der Waals surface area contributed by atoms with E-state index in [1.54, 1.807) is 20.8 Å². The third-order valence-corrected chi connectivity index (χ3v) is 5.02. The summed E-state index contributed by atoms with van der Waals surface area (Å²) in [5, 5.41) is 13.0. The summed E-state index contributed by atoms with van der Waals surface area (Å²) in [7, 11) is 0. The molecule has 2 atom stereocenters. The molecule has 0 spiro atoms. The van der Waals surface area contributed by atoms with Crippen LogP contribution in [0.3, 0.4) is 0 Å². The average Bonchev–Trinajstić information content (AvgIpc) is 2.83. The summed E-state index contributed by atoms with van der Waals surface area (Å²) >= 11 is 0. The van der Waals surface area contributed by atoms with Crippen LogP contribution < -0.4 is 5.32 Å². The van der Waals surface area contributed by atoms with Crippen molar-refractivity contribution in [1.82, 2.24) is 10.2 Å². The minimum atomic E-state index is -0.963. The van der Waals surface area contributed by atoms with Crippen molar-refractivity contribution in [2.45, 2.75) is 90.4 Å². The van der Waals surface area contributed by atoms with Crippen LogP contribution in [-0.4, -0.2) is 52.3 Å². The molecule has 6 heteroatoms. The highest BCUT2D eigenvalue weighted by Crippen LogP contribution is 2.35. The van der Waals surface area contributed by atoms with Gasteiger partial charge in [-0.1, -0.05) is 13.8 Å². The topological polar surface area (TPSA) is 78.9 Å². The van der Waals surface area contributed by atoms with Gasteiger partial charge in [-0.3, -0.25) is 4.90 Å². The van der Waals surface area contributed by atoms with Gasteiger partial charge in [0, 0.05) is 18.6 Å². The van der Waals surface area contributed by atoms with Gasteiger partial charge < -0.3 is 15.2 Å². The van der Waals surface area contributed by atoms with E-state index in [2.05, 4.69) is 19.2 Å². The molecule has 0 aromatic carbocycles. The minimum absolute atomic E-state index is 0.0184. The molecule has 1 amide bonds. The maximum atomic E-state index is 12.3. The highest BCUT2D eigenvalue weighted by atomic mass is 16.6. The minimum Gasteiger partial charge on any atom is -0.480 e. The van der Waals surface area contributed by atoms with Crippen LogP contribution in [0.2, 0.25) is 0 Å². The van der Waals surface area contributed by atoms with E-state index in [0.717, 1.165) is 12.8 Å². The van der Waals surface area contributed by atoms with Gasteiger partial charge >= 0.3 is 12.1 Å². The Morgan fingerprint density at radius 3 is 2.25 bits per heavy atom. The second-order valence-corrected chi connectivity index (χ2v) is 9.02. The Labute approximate surface area is 144 Å². The molecule has 1 aliphatic carbocycles. The predicted molar refractivity (Wildman–Crippen MR) is 91.9 cm³/mol. The standard InChI is InChI=1S/C18H32N2O4/c1-17(2,3)24-16(23)20-11-13(10-14(20)15(21)22)19-12-6-8-18(4,5)9-7-12/h12-14,19H,6-11H2,1-5H3,(H,21,22)/t13-,14+/m0/s1.